The summed E-state index contributed by atoms with van der Waals surface area (Å²) < 4.78 is 38.6. The fourth-order valence-electron chi connectivity index (χ4n) is 1.90. The molecule has 0 amide bonds. The molecule has 4 N–H and O–H groups in total. The molecular formula is C14H17F3N6. The van der Waals surface area contributed by atoms with Crippen molar-refractivity contribution in [3.8, 4) is 6.07 Å². The number of nitrogens with zero attached hydrogens (tertiary/aromatic N) is 3. The normalized spacial score (nSPS) is 11.7. The lowest BCUT2D eigenvalue weighted by molar-refractivity contribution is -0.137. The van der Waals surface area contributed by atoms with E-state index in [9.17, 15) is 13.2 Å². The molecule has 6 nitrogen and oxygen atoms in total. The van der Waals surface area contributed by atoms with Gasteiger partial charge < -0.3 is 10.6 Å². The number of nitrogens with one attached hydrogen (secondary N) is 2. The lowest BCUT2D eigenvalue weighted by atomic mass is 10.1. The van der Waals surface area contributed by atoms with Crippen molar-refractivity contribution in [3.63, 3.8) is 0 Å². The van der Waals surface area contributed by atoms with E-state index < -0.39 is 23.3 Å². The Morgan fingerprint density at radius 2 is 2.00 bits per heavy atom. The first-order chi connectivity index (χ1) is 10.7. The minimum atomic E-state index is -4.50. The van der Waals surface area contributed by atoms with Crippen LogP contribution in [0.5, 0.6) is 0 Å². The molecule has 0 aliphatic rings. The van der Waals surface area contributed by atoms with Crippen LogP contribution in [-0.2, 0) is 6.18 Å². The molecule has 0 aliphatic heterocycles. The number of anilines is 2. The Labute approximate surface area is 131 Å². The zero-order chi connectivity index (χ0) is 17.6. The number of halogens is 3. The highest BCUT2D eigenvalue weighted by molar-refractivity contribution is 6.45. The summed E-state index contributed by atoms with van der Waals surface area (Å²) in [5, 5.41) is 19.6. The van der Waals surface area contributed by atoms with Crippen LogP contribution in [0.25, 0.3) is 0 Å². The van der Waals surface area contributed by atoms with Crippen LogP contribution in [0.4, 0.5) is 24.5 Å². The third-order valence-corrected chi connectivity index (χ3v) is 3.08. The highest BCUT2D eigenvalue weighted by atomic mass is 19.4. The van der Waals surface area contributed by atoms with Crippen molar-refractivity contribution in [3.05, 3.63) is 23.8 Å². The first-order valence-corrected chi connectivity index (χ1v) is 6.78. The summed E-state index contributed by atoms with van der Waals surface area (Å²) >= 11 is 0. The number of hydrogen-bond donors (Lipinski definition) is 3. The minimum absolute atomic E-state index is 0.0810. The van der Waals surface area contributed by atoms with E-state index in [0.717, 1.165) is 12.1 Å². The number of amidine groups is 1. The number of nitriles is 1. The number of alkyl halides is 3. The van der Waals surface area contributed by atoms with Gasteiger partial charge in [0.05, 0.1) is 16.9 Å². The molecule has 0 bridgehead atoms. The van der Waals surface area contributed by atoms with Crippen LogP contribution in [0.1, 0.15) is 19.4 Å². The summed E-state index contributed by atoms with van der Waals surface area (Å²) in [4.78, 5) is 1.83. The Morgan fingerprint density at radius 1 is 1.39 bits per heavy atom. The lowest BCUT2D eigenvalue weighted by Gasteiger charge is -2.24. The maximum Gasteiger partial charge on any atom is 0.416 e. The van der Waals surface area contributed by atoms with Crippen molar-refractivity contribution in [1.82, 2.24) is 0 Å². The molecule has 0 heterocycles. The van der Waals surface area contributed by atoms with Crippen LogP contribution >= 0.6 is 0 Å². The quantitative estimate of drug-likeness (QED) is 0.425. The molecule has 0 radical (unpaired) electrons. The number of nitrogens with two attached hydrogens (primary N) is 1. The number of benzene rings is 1. The van der Waals surface area contributed by atoms with Gasteiger partial charge >= 0.3 is 6.18 Å². The van der Waals surface area contributed by atoms with Gasteiger partial charge in [-0.3, -0.25) is 10.8 Å². The van der Waals surface area contributed by atoms with Crippen molar-refractivity contribution < 1.29 is 13.2 Å². The molecule has 0 saturated carbocycles. The Bertz CT molecular complexity index is 641. The summed E-state index contributed by atoms with van der Waals surface area (Å²) in [6, 6.07) is 4.83. The van der Waals surface area contributed by atoms with Gasteiger partial charge in [-0.1, -0.05) is 0 Å². The molecule has 0 fully saturated rings. The second-order valence-electron chi connectivity index (χ2n) is 4.50. The van der Waals surface area contributed by atoms with E-state index in [1.54, 1.807) is 6.07 Å². The van der Waals surface area contributed by atoms with Gasteiger partial charge in [-0.2, -0.15) is 23.5 Å². The fraction of sp³-hybridized carbons (Fsp3) is 0.357. The summed E-state index contributed by atoms with van der Waals surface area (Å²) in [6.07, 6.45) is -4.50. The largest absolute Gasteiger partial charge is 0.416 e. The molecule has 0 unspecified atom stereocenters. The molecular weight excluding hydrogens is 309 g/mol. The van der Waals surface area contributed by atoms with Crippen LogP contribution in [0.3, 0.4) is 0 Å². The van der Waals surface area contributed by atoms with Crippen LogP contribution in [-0.4, -0.2) is 24.6 Å². The van der Waals surface area contributed by atoms with E-state index in [2.05, 4.69) is 10.5 Å². The summed E-state index contributed by atoms with van der Waals surface area (Å²) in [6.45, 7) is 4.89. The summed E-state index contributed by atoms with van der Waals surface area (Å²) in [7, 11) is 0. The fourth-order valence-corrected chi connectivity index (χ4v) is 1.90. The van der Waals surface area contributed by atoms with E-state index >= 15 is 0 Å². The van der Waals surface area contributed by atoms with Gasteiger partial charge in [0.15, 0.2) is 5.84 Å². The highest BCUT2D eigenvalue weighted by Crippen LogP contribution is 2.35. The SMILES string of the molecule is CCN(CC)c1ccc(C(F)(F)F)cc1N/N=C(\C#N)C(=N)N. The highest BCUT2D eigenvalue weighted by Gasteiger charge is 2.31. The van der Waals surface area contributed by atoms with Crippen molar-refractivity contribution >= 4 is 22.9 Å². The molecule has 0 spiro atoms. The molecule has 23 heavy (non-hydrogen) atoms. The van der Waals surface area contributed by atoms with Crippen LogP contribution in [0, 0.1) is 16.7 Å². The number of rotatable bonds is 6. The van der Waals surface area contributed by atoms with E-state index in [1.807, 2.05) is 18.7 Å². The van der Waals surface area contributed by atoms with Gasteiger partial charge in [0, 0.05) is 13.1 Å². The van der Waals surface area contributed by atoms with Crippen molar-refractivity contribution in [1.29, 1.82) is 10.7 Å². The predicted octanol–water partition coefficient (Wildman–Crippen LogP) is 2.78. The van der Waals surface area contributed by atoms with Crippen molar-refractivity contribution in [2.45, 2.75) is 20.0 Å². The van der Waals surface area contributed by atoms with Crippen LogP contribution in [0.2, 0.25) is 0 Å². The topological polar surface area (TPSA) is 101 Å². The van der Waals surface area contributed by atoms with E-state index in [0.29, 0.717) is 18.8 Å². The van der Waals surface area contributed by atoms with E-state index in [-0.39, 0.29) is 5.69 Å². The lowest BCUT2D eigenvalue weighted by Crippen LogP contribution is -2.24. The third kappa shape index (κ3) is 4.60. The maximum absolute atomic E-state index is 12.9. The minimum Gasteiger partial charge on any atom is -0.382 e. The zero-order valence-electron chi connectivity index (χ0n) is 12.7. The molecule has 0 atom stereocenters. The molecule has 124 valence electrons. The predicted molar refractivity (Wildman–Crippen MR) is 83.6 cm³/mol. The monoisotopic (exact) mass is 326 g/mol. The second kappa shape index (κ2) is 7.49. The molecule has 9 heteroatoms. The standard InChI is InChI=1S/C14H17F3N6/c1-3-23(4-2)12-6-5-9(14(15,16)17)7-10(12)21-22-11(8-18)13(19)20/h5-7,21H,3-4H2,1-2H3,(H3,19,20)/b22-11+. The van der Waals surface area contributed by atoms with Gasteiger partial charge in [0.2, 0.25) is 5.71 Å². The first kappa shape index (κ1) is 18.3. The Kier molecular flexibility index (Phi) is 5.95. The van der Waals surface area contributed by atoms with E-state index in [1.165, 1.54) is 6.07 Å². The van der Waals surface area contributed by atoms with Crippen LogP contribution < -0.4 is 16.1 Å². The van der Waals surface area contributed by atoms with Gasteiger partial charge in [0.1, 0.15) is 6.07 Å². The smallest absolute Gasteiger partial charge is 0.382 e. The number of hydrogen-bond acceptors (Lipinski definition) is 5. The van der Waals surface area contributed by atoms with Gasteiger partial charge in [-0.25, -0.2) is 0 Å². The van der Waals surface area contributed by atoms with Crippen LogP contribution in [0.15, 0.2) is 23.3 Å². The Hall–Kier alpha value is -2.76. The van der Waals surface area contributed by atoms with Gasteiger partial charge in [-0.05, 0) is 32.0 Å². The van der Waals surface area contributed by atoms with Crippen molar-refractivity contribution in [2.75, 3.05) is 23.4 Å². The average Bonchev–Trinajstić information content (AvgIpc) is 2.48. The second-order valence-corrected chi connectivity index (χ2v) is 4.50. The molecule has 0 aliphatic carbocycles. The molecule has 0 saturated heterocycles. The Balaban J connectivity index is 3.34. The molecule has 1 rings (SSSR count). The first-order valence-electron chi connectivity index (χ1n) is 6.78. The van der Waals surface area contributed by atoms with Gasteiger partial charge in [0.25, 0.3) is 0 Å². The zero-order valence-corrected chi connectivity index (χ0v) is 12.7. The number of hydrazone groups is 1. The summed E-state index contributed by atoms with van der Waals surface area (Å²) in [5.41, 5.74) is 6.91. The van der Waals surface area contributed by atoms with Crippen molar-refractivity contribution in [2.24, 2.45) is 10.8 Å². The molecule has 0 aromatic heterocycles. The maximum atomic E-state index is 12.9. The molecule has 1 aromatic rings. The third-order valence-electron chi connectivity index (χ3n) is 3.08. The summed E-state index contributed by atoms with van der Waals surface area (Å²) in [5.74, 6) is -0.573. The van der Waals surface area contributed by atoms with Gasteiger partial charge in [-0.15, -0.1) is 0 Å². The average molecular weight is 326 g/mol. The Morgan fingerprint density at radius 3 is 2.43 bits per heavy atom. The molecule has 1 aromatic carbocycles. The van der Waals surface area contributed by atoms with E-state index in [4.69, 9.17) is 16.4 Å².